The molecule has 0 radical (unpaired) electrons. The van der Waals surface area contributed by atoms with Crippen molar-refractivity contribution in [1.82, 2.24) is 0 Å². The quantitative estimate of drug-likeness (QED) is 0.466. The molecule has 1 heteroatoms. The van der Waals surface area contributed by atoms with Crippen LogP contribution in [0.2, 0.25) is 0 Å². The summed E-state index contributed by atoms with van der Waals surface area (Å²) < 4.78 is 0. The van der Waals surface area contributed by atoms with Crippen molar-refractivity contribution in [1.29, 1.82) is 0 Å². The predicted molar refractivity (Wildman–Crippen MR) is 116 cm³/mol. The van der Waals surface area contributed by atoms with E-state index in [2.05, 4.69) is 38.2 Å². The summed E-state index contributed by atoms with van der Waals surface area (Å²) in [5.41, 5.74) is 13.6. The molecule has 4 aliphatic rings. The fourth-order valence-corrected chi connectivity index (χ4v) is 6.48. The Bertz CT molecular complexity index is 662. The molecular formula is C26H39N. The molecular weight excluding hydrogens is 326 g/mol. The predicted octanol–water partition coefficient (Wildman–Crippen LogP) is 6.87. The van der Waals surface area contributed by atoms with Gasteiger partial charge in [0.05, 0.1) is 0 Å². The van der Waals surface area contributed by atoms with Gasteiger partial charge < -0.3 is 5.73 Å². The molecule has 0 saturated carbocycles. The summed E-state index contributed by atoms with van der Waals surface area (Å²) in [6.45, 7) is 4.92. The first-order chi connectivity index (χ1) is 13.1. The first-order valence-electron chi connectivity index (χ1n) is 11.7. The van der Waals surface area contributed by atoms with Crippen molar-refractivity contribution in [2.24, 2.45) is 29.4 Å². The van der Waals surface area contributed by atoms with Crippen molar-refractivity contribution in [2.75, 3.05) is 0 Å². The number of nitrogens with two attached hydrogens (primary N) is 1. The zero-order valence-electron chi connectivity index (χ0n) is 17.6. The summed E-state index contributed by atoms with van der Waals surface area (Å²) in [5.74, 6) is 2.72. The Kier molecular flexibility index (Phi) is 6.07. The lowest BCUT2D eigenvalue weighted by molar-refractivity contribution is 0.361. The van der Waals surface area contributed by atoms with Crippen molar-refractivity contribution < 1.29 is 0 Å². The van der Waals surface area contributed by atoms with Gasteiger partial charge in [0.15, 0.2) is 0 Å². The molecule has 5 unspecified atom stereocenters. The van der Waals surface area contributed by atoms with Crippen LogP contribution in [0.5, 0.6) is 0 Å². The second-order valence-corrected chi connectivity index (χ2v) is 9.72. The molecule has 0 aromatic heterocycles. The van der Waals surface area contributed by atoms with Crippen molar-refractivity contribution in [3.05, 3.63) is 46.6 Å². The van der Waals surface area contributed by atoms with Gasteiger partial charge >= 0.3 is 0 Å². The molecule has 4 aliphatic carbocycles. The SMILES string of the molecule is CC1CC(N)CC2=C1CCCCCCC1=C(C(C)CC=C1)C1CCC=CC21. The lowest BCUT2D eigenvalue weighted by Gasteiger charge is -2.41. The lowest BCUT2D eigenvalue weighted by atomic mass is 9.64. The average molecular weight is 366 g/mol. The highest BCUT2D eigenvalue weighted by molar-refractivity contribution is 5.38. The molecule has 0 spiro atoms. The maximum Gasteiger partial charge on any atom is 0.00820 e. The van der Waals surface area contributed by atoms with Crippen LogP contribution < -0.4 is 5.73 Å². The van der Waals surface area contributed by atoms with Crippen LogP contribution in [0.25, 0.3) is 0 Å². The van der Waals surface area contributed by atoms with Crippen molar-refractivity contribution in [3.8, 4) is 0 Å². The maximum absolute atomic E-state index is 6.55. The molecule has 0 saturated heterocycles. The molecule has 0 aromatic rings. The minimum Gasteiger partial charge on any atom is -0.327 e. The Morgan fingerprint density at radius 3 is 2.59 bits per heavy atom. The summed E-state index contributed by atoms with van der Waals surface area (Å²) >= 11 is 0. The molecule has 0 heterocycles. The van der Waals surface area contributed by atoms with Crippen LogP contribution >= 0.6 is 0 Å². The summed E-state index contributed by atoms with van der Waals surface area (Å²) in [7, 11) is 0. The zero-order valence-corrected chi connectivity index (χ0v) is 17.6. The van der Waals surface area contributed by atoms with Gasteiger partial charge in [-0.05, 0) is 81.1 Å². The average Bonchev–Trinajstić information content (AvgIpc) is 2.65. The van der Waals surface area contributed by atoms with Gasteiger partial charge in [0.2, 0.25) is 0 Å². The van der Waals surface area contributed by atoms with Gasteiger partial charge in [-0.2, -0.15) is 0 Å². The topological polar surface area (TPSA) is 26.0 Å². The fraction of sp³-hybridized carbons (Fsp3) is 0.692. The fourth-order valence-electron chi connectivity index (χ4n) is 6.48. The van der Waals surface area contributed by atoms with Crippen LogP contribution in [0.1, 0.15) is 84.5 Å². The monoisotopic (exact) mass is 365 g/mol. The summed E-state index contributed by atoms with van der Waals surface area (Å²) in [5, 5.41) is 0. The number of hydrogen-bond donors (Lipinski definition) is 1. The molecule has 27 heavy (non-hydrogen) atoms. The third-order valence-electron chi connectivity index (χ3n) is 7.72. The second-order valence-electron chi connectivity index (χ2n) is 9.72. The highest BCUT2D eigenvalue weighted by Gasteiger charge is 2.36. The van der Waals surface area contributed by atoms with Gasteiger partial charge in [-0.3, -0.25) is 0 Å². The van der Waals surface area contributed by atoms with Crippen molar-refractivity contribution >= 4 is 0 Å². The van der Waals surface area contributed by atoms with E-state index in [1.54, 1.807) is 16.7 Å². The standard InChI is InChI=1S/C26H39N/c1-18-10-9-12-20-11-5-3-4-6-13-22-19(2)16-21(27)17-25(22)23-14-7-8-15-24(23)26(18)20/h7,9,12,14,18-19,21,23-24H,3-6,8,10-11,13,15-17,27H2,1-2H3. The van der Waals surface area contributed by atoms with Crippen LogP contribution in [-0.4, -0.2) is 6.04 Å². The van der Waals surface area contributed by atoms with Gasteiger partial charge in [0.25, 0.3) is 0 Å². The van der Waals surface area contributed by atoms with Crippen molar-refractivity contribution in [3.63, 3.8) is 0 Å². The molecule has 4 rings (SSSR count). The van der Waals surface area contributed by atoms with Crippen LogP contribution in [0.4, 0.5) is 0 Å². The zero-order chi connectivity index (χ0) is 18.8. The molecule has 0 aliphatic heterocycles. The highest BCUT2D eigenvalue weighted by Crippen LogP contribution is 2.48. The van der Waals surface area contributed by atoms with E-state index in [-0.39, 0.29) is 0 Å². The number of hydrogen-bond acceptors (Lipinski definition) is 1. The van der Waals surface area contributed by atoms with E-state index in [1.807, 2.05) is 5.57 Å². The highest BCUT2D eigenvalue weighted by atomic mass is 14.6. The normalized spacial score (nSPS) is 37.8. The Hall–Kier alpha value is -1.08. The van der Waals surface area contributed by atoms with Gasteiger partial charge in [0, 0.05) is 12.0 Å². The van der Waals surface area contributed by atoms with Gasteiger partial charge in [0.1, 0.15) is 0 Å². The van der Waals surface area contributed by atoms with E-state index < -0.39 is 0 Å². The molecule has 0 amide bonds. The van der Waals surface area contributed by atoms with Crippen LogP contribution in [0.15, 0.2) is 46.6 Å². The van der Waals surface area contributed by atoms with E-state index in [1.165, 1.54) is 64.2 Å². The Morgan fingerprint density at radius 1 is 0.926 bits per heavy atom. The minimum absolute atomic E-state index is 0.361. The first-order valence-corrected chi connectivity index (χ1v) is 11.7. The molecule has 0 aromatic carbocycles. The lowest BCUT2D eigenvalue weighted by Crippen LogP contribution is -2.34. The van der Waals surface area contributed by atoms with Crippen LogP contribution in [0, 0.1) is 23.7 Å². The Labute approximate surface area is 166 Å². The minimum atomic E-state index is 0.361. The summed E-state index contributed by atoms with van der Waals surface area (Å²) in [4.78, 5) is 0. The van der Waals surface area contributed by atoms with Gasteiger partial charge in [-0.25, -0.2) is 0 Å². The summed E-state index contributed by atoms with van der Waals surface area (Å²) in [6, 6.07) is 0.361. The molecule has 1 nitrogen and oxygen atoms in total. The van der Waals surface area contributed by atoms with E-state index in [0.29, 0.717) is 29.7 Å². The first kappa shape index (κ1) is 19.2. The molecule has 0 bridgehead atoms. The second kappa shape index (κ2) is 8.52. The van der Waals surface area contributed by atoms with Crippen molar-refractivity contribution in [2.45, 2.75) is 90.5 Å². The maximum atomic E-state index is 6.55. The number of rotatable bonds is 0. The third-order valence-corrected chi connectivity index (χ3v) is 7.72. The van der Waals surface area contributed by atoms with Crippen LogP contribution in [-0.2, 0) is 0 Å². The number of allylic oxidation sites excluding steroid dienone is 7. The largest absolute Gasteiger partial charge is 0.327 e. The van der Waals surface area contributed by atoms with E-state index in [0.717, 1.165) is 6.42 Å². The Morgan fingerprint density at radius 2 is 1.74 bits per heavy atom. The van der Waals surface area contributed by atoms with Crippen LogP contribution in [0.3, 0.4) is 0 Å². The summed E-state index contributed by atoms with van der Waals surface area (Å²) in [6.07, 6.45) is 24.2. The molecule has 148 valence electrons. The van der Waals surface area contributed by atoms with E-state index >= 15 is 0 Å². The smallest absolute Gasteiger partial charge is 0.00820 e. The molecule has 0 fully saturated rings. The van der Waals surface area contributed by atoms with E-state index in [9.17, 15) is 0 Å². The number of fused-ring (bicyclic) bond motifs is 3. The van der Waals surface area contributed by atoms with E-state index in [4.69, 9.17) is 5.73 Å². The molecule has 2 N–H and O–H groups in total. The Balaban J connectivity index is 1.80. The van der Waals surface area contributed by atoms with Gasteiger partial charge in [-0.1, -0.05) is 67.7 Å². The third kappa shape index (κ3) is 4.04. The molecule has 5 atom stereocenters. The van der Waals surface area contributed by atoms with Gasteiger partial charge in [-0.15, -0.1) is 0 Å².